The van der Waals surface area contributed by atoms with Crippen molar-refractivity contribution in [1.29, 1.82) is 0 Å². The predicted molar refractivity (Wildman–Crippen MR) is 77.3 cm³/mol. The van der Waals surface area contributed by atoms with E-state index in [1.165, 1.54) is 11.3 Å². The van der Waals surface area contributed by atoms with Crippen molar-refractivity contribution in [2.45, 2.75) is 13.3 Å². The van der Waals surface area contributed by atoms with E-state index < -0.39 is 0 Å². The number of nitrogens with two attached hydrogens (primary N) is 1. The lowest BCUT2D eigenvalue weighted by atomic mass is 10.2. The smallest absolute Gasteiger partial charge is 0.266 e. The van der Waals surface area contributed by atoms with Crippen LogP contribution in [0.2, 0.25) is 0 Å². The van der Waals surface area contributed by atoms with Gasteiger partial charge >= 0.3 is 0 Å². The van der Waals surface area contributed by atoms with Crippen LogP contribution >= 0.6 is 11.3 Å². The van der Waals surface area contributed by atoms with E-state index in [0.29, 0.717) is 23.7 Å². The van der Waals surface area contributed by atoms with E-state index in [-0.39, 0.29) is 12.5 Å². The molecular formula is C13H17N3O2S. The van der Waals surface area contributed by atoms with Gasteiger partial charge in [0.05, 0.1) is 12.3 Å². The summed E-state index contributed by atoms with van der Waals surface area (Å²) in [7, 11) is 0. The van der Waals surface area contributed by atoms with Crippen molar-refractivity contribution in [3.63, 3.8) is 0 Å². The van der Waals surface area contributed by atoms with E-state index in [1.807, 2.05) is 13.0 Å². The number of amides is 1. The number of aromatic nitrogens is 1. The van der Waals surface area contributed by atoms with E-state index >= 15 is 0 Å². The normalized spacial score (nSPS) is 10.8. The summed E-state index contributed by atoms with van der Waals surface area (Å²) < 4.78 is 0. The molecule has 0 radical (unpaired) electrons. The molecule has 2 heterocycles. The van der Waals surface area contributed by atoms with Crippen LogP contribution in [0, 0.1) is 0 Å². The Kier molecular flexibility index (Phi) is 4.34. The number of hydrogen-bond acceptors (Lipinski definition) is 5. The number of carbonyl (C=O) groups excluding carboxylic acids is 1. The molecule has 0 saturated carbocycles. The Labute approximate surface area is 115 Å². The van der Waals surface area contributed by atoms with Crippen LogP contribution in [0.25, 0.3) is 10.2 Å². The number of aliphatic hydroxyl groups excluding tert-OH is 1. The first-order chi connectivity index (χ1) is 9.19. The summed E-state index contributed by atoms with van der Waals surface area (Å²) in [6, 6.07) is 3.67. The van der Waals surface area contributed by atoms with Gasteiger partial charge in [-0.15, -0.1) is 11.3 Å². The second kappa shape index (κ2) is 5.99. The molecule has 102 valence electrons. The lowest BCUT2D eigenvalue weighted by Gasteiger charge is -2.20. The molecule has 0 bridgehead atoms. The van der Waals surface area contributed by atoms with Crippen LogP contribution in [0.3, 0.4) is 0 Å². The third-order valence-corrected chi connectivity index (χ3v) is 3.97. The molecule has 0 saturated heterocycles. The summed E-state index contributed by atoms with van der Waals surface area (Å²) >= 11 is 1.30. The fraction of sp³-hybridized carbons (Fsp3) is 0.385. The van der Waals surface area contributed by atoms with Gasteiger partial charge in [-0.1, -0.05) is 6.92 Å². The van der Waals surface area contributed by atoms with E-state index in [0.717, 1.165) is 16.6 Å². The molecule has 0 atom stereocenters. The lowest BCUT2D eigenvalue weighted by molar-refractivity contribution is 0.0728. The van der Waals surface area contributed by atoms with Crippen LogP contribution in [0.4, 0.5) is 5.69 Å². The van der Waals surface area contributed by atoms with E-state index in [2.05, 4.69) is 4.98 Å². The Bertz CT molecular complexity index is 576. The molecule has 0 aromatic carbocycles. The molecule has 0 aliphatic rings. The molecule has 6 heteroatoms. The molecule has 0 aliphatic carbocycles. The Hall–Kier alpha value is -1.66. The lowest BCUT2D eigenvalue weighted by Crippen LogP contribution is -2.34. The second-order valence-electron chi connectivity index (χ2n) is 4.22. The summed E-state index contributed by atoms with van der Waals surface area (Å²) in [5.74, 6) is -0.128. The summed E-state index contributed by atoms with van der Waals surface area (Å²) in [6.45, 7) is 2.89. The maximum absolute atomic E-state index is 12.4. The van der Waals surface area contributed by atoms with Crippen molar-refractivity contribution in [2.75, 3.05) is 25.4 Å². The molecule has 0 fully saturated rings. The highest BCUT2D eigenvalue weighted by Crippen LogP contribution is 2.32. The minimum atomic E-state index is -0.128. The van der Waals surface area contributed by atoms with Gasteiger partial charge in [0.1, 0.15) is 9.71 Å². The van der Waals surface area contributed by atoms with Crippen LogP contribution in [-0.2, 0) is 0 Å². The number of aliphatic hydroxyl groups is 1. The molecule has 0 aliphatic heterocycles. The van der Waals surface area contributed by atoms with Crippen molar-refractivity contribution in [1.82, 2.24) is 9.88 Å². The number of rotatable bonds is 5. The number of fused-ring (bicyclic) bond motifs is 1. The molecule has 5 nitrogen and oxygen atoms in total. The average molecular weight is 279 g/mol. The van der Waals surface area contributed by atoms with Crippen LogP contribution < -0.4 is 5.73 Å². The molecule has 3 N–H and O–H groups in total. The molecule has 0 unspecified atom stereocenters. The zero-order valence-electron chi connectivity index (χ0n) is 10.8. The first kappa shape index (κ1) is 13.8. The SMILES string of the molecule is CCCN(CCO)C(=O)c1sc2ncccc2c1N. The zero-order valence-corrected chi connectivity index (χ0v) is 11.6. The molecule has 1 amide bonds. The largest absolute Gasteiger partial charge is 0.397 e. The second-order valence-corrected chi connectivity index (χ2v) is 5.22. The van der Waals surface area contributed by atoms with Crippen LogP contribution in [0.1, 0.15) is 23.0 Å². The first-order valence-electron chi connectivity index (χ1n) is 6.22. The minimum Gasteiger partial charge on any atom is -0.397 e. The van der Waals surface area contributed by atoms with Gasteiger partial charge < -0.3 is 15.7 Å². The monoisotopic (exact) mass is 279 g/mol. The number of pyridine rings is 1. The Balaban J connectivity index is 2.37. The van der Waals surface area contributed by atoms with Crippen molar-refractivity contribution in [3.05, 3.63) is 23.2 Å². The van der Waals surface area contributed by atoms with Crippen molar-refractivity contribution < 1.29 is 9.90 Å². The number of carbonyl (C=O) groups is 1. The van der Waals surface area contributed by atoms with Crippen molar-refractivity contribution in [3.8, 4) is 0 Å². The van der Waals surface area contributed by atoms with Gasteiger partial charge in [-0.05, 0) is 18.6 Å². The maximum atomic E-state index is 12.4. The van der Waals surface area contributed by atoms with E-state index in [4.69, 9.17) is 10.8 Å². The van der Waals surface area contributed by atoms with E-state index in [1.54, 1.807) is 17.2 Å². The van der Waals surface area contributed by atoms with Gasteiger partial charge in [-0.25, -0.2) is 4.98 Å². The van der Waals surface area contributed by atoms with Gasteiger partial charge in [0, 0.05) is 24.7 Å². The summed E-state index contributed by atoms with van der Waals surface area (Å²) in [6.07, 6.45) is 2.53. The van der Waals surface area contributed by atoms with Crippen LogP contribution in [0.5, 0.6) is 0 Å². The van der Waals surface area contributed by atoms with Crippen molar-refractivity contribution >= 4 is 33.1 Å². The van der Waals surface area contributed by atoms with Gasteiger partial charge in [0.2, 0.25) is 0 Å². The summed E-state index contributed by atoms with van der Waals surface area (Å²) in [5.41, 5.74) is 6.51. The average Bonchev–Trinajstić information content (AvgIpc) is 2.76. The van der Waals surface area contributed by atoms with E-state index in [9.17, 15) is 4.79 Å². The molecule has 2 aromatic rings. The fourth-order valence-electron chi connectivity index (χ4n) is 1.96. The van der Waals surface area contributed by atoms with Gasteiger partial charge in [0.25, 0.3) is 5.91 Å². The van der Waals surface area contributed by atoms with Gasteiger partial charge in [0.15, 0.2) is 0 Å². The minimum absolute atomic E-state index is 0.0468. The van der Waals surface area contributed by atoms with Crippen LogP contribution in [-0.4, -0.2) is 40.6 Å². The maximum Gasteiger partial charge on any atom is 0.266 e. The summed E-state index contributed by atoms with van der Waals surface area (Å²) in [5, 5.41) is 9.85. The Morgan fingerprint density at radius 3 is 2.95 bits per heavy atom. The third-order valence-electron chi connectivity index (χ3n) is 2.85. The van der Waals surface area contributed by atoms with Crippen molar-refractivity contribution in [2.24, 2.45) is 0 Å². The highest BCUT2D eigenvalue weighted by molar-refractivity contribution is 7.21. The number of anilines is 1. The zero-order chi connectivity index (χ0) is 13.8. The highest BCUT2D eigenvalue weighted by atomic mass is 32.1. The number of thiophene rings is 1. The van der Waals surface area contributed by atoms with Gasteiger partial charge in [-0.2, -0.15) is 0 Å². The Morgan fingerprint density at radius 1 is 1.53 bits per heavy atom. The predicted octanol–water partition coefficient (Wildman–Crippen LogP) is 1.72. The topological polar surface area (TPSA) is 79.5 Å². The fourth-order valence-corrected chi connectivity index (χ4v) is 2.99. The number of nitrogen functional groups attached to an aromatic ring is 1. The standard InChI is InChI=1S/C13H17N3O2S/c1-2-6-16(7-8-17)13(18)11-10(14)9-4-3-5-15-12(9)19-11/h3-5,17H,2,6-8,14H2,1H3. The Morgan fingerprint density at radius 2 is 2.32 bits per heavy atom. The molecule has 19 heavy (non-hydrogen) atoms. The quantitative estimate of drug-likeness (QED) is 0.873. The highest BCUT2D eigenvalue weighted by Gasteiger charge is 2.21. The number of nitrogens with zero attached hydrogens (tertiary/aromatic N) is 2. The first-order valence-corrected chi connectivity index (χ1v) is 7.03. The summed E-state index contributed by atoms with van der Waals surface area (Å²) in [4.78, 5) is 19.6. The molecule has 0 spiro atoms. The third kappa shape index (κ3) is 2.69. The molecule has 2 rings (SSSR count). The van der Waals surface area contributed by atoms with Crippen LogP contribution in [0.15, 0.2) is 18.3 Å². The number of hydrogen-bond donors (Lipinski definition) is 2. The molecular weight excluding hydrogens is 262 g/mol. The van der Waals surface area contributed by atoms with Gasteiger partial charge in [-0.3, -0.25) is 4.79 Å². The molecule has 2 aromatic heterocycles.